The Morgan fingerprint density at radius 3 is 2.73 bits per heavy atom. The lowest BCUT2D eigenvalue weighted by molar-refractivity contribution is 0.177. The Kier molecular flexibility index (Phi) is 3.05. The molecule has 15 heavy (non-hydrogen) atoms. The van der Waals surface area contributed by atoms with Gasteiger partial charge >= 0.3 is 0 Å². The van der Waals surface area contributed by atoms with Crippen LogP contribution >= 0.6 is 0 Å². The highest BCUT2D eigenvalue weighted by atomic mass is 16.3. The lowest BCUT2D eigenvalue weighted by Gasteiger charge is -2.09. The van der Waals surface area contributed by atoms with E-state index in [1.807, 2.05) is 30.3 Å². The quantitative estimate of drug-likeness (QED) is 0.821. The van der Waals surface area contributed by atoms with E-state index in [4.69, 9.17) is 0 Å². The van der Waals surface area contributed by atoms with E-state index in [9.17, 15) is 5.11 Å². The van der Waals surface area contributed by atoms with Crippen LogP contribution in [-0.2, 0) is 6.42 Å². The molecule has 0 aliphatic carbocycles. The lowest BCUT2D eigenvalue weighted by atomic mass is 10.1. The van der Waals surface area contributed by atoms with Gasteiger partial charge in [-0.25, -0.2) is 0 Å². The lowest BCUT2D eigenvalue weighted by Crippen LogP contribution is -2.03. The van der Waals surface area contributed by atoms with Crippen molar-refractivity contribution in [2.24, 2.45) is 0 Å². The van der Waals surface area contributed by atoms with E-state index >= 15 is 0 Å². The van der Waals surface area contributed by atoms with Crippen molar-refractivity contribution in [3.8, 4) is 0 Å². The maximum Gasteiger partial charge on any atom is 0.0860 e. The summed E-state index contributed by atoms with van der Waals surface area (Å²) < 4.78 is 0. The molecule has 0 saturated carbocycles. The minimum atomic E-state index is -0.534. The first-order valence-electron chi connectivity index (χ1n) is 4.84. The SMILES string of the molecule is OC(Cc1ccccn1)c1cccnc1. The van der Waals surface area contributed by atoms with Crippen molar-refractivity contribution in [1.82, 2.24) is 9.97 Å². The normalized spacial score (nSPS) is 12.3. The molecule has 2 aromatic rings. The Hall–Kier alpha value is -1.74. The molecule has 0 aliphatic rings. The van der Waals surface area contributed by atoms with Gasteiger partial charge in [0, 0.05) is 30.7 Å². The first kappa shape index (κ1) is 9.80. The highest BCUT2D eigenvalue weighted by Crippen LogP contribution is 2.15. The molecule has 76 valence electrons. The molecule has 0 bridgehead atoms. The van der Waals surface area contributed by atoms with Gasteiger partial charge in [-0.15, -0.1) is 0 Å². The van der Waals surface area contributed by atoms with Gasteiger partial charge in [0.25, 0.3) is 0 Å². The second-order valence-electron chi connectivity index (χ2n) is 3.33. The predicted octanol–water partition coefficient (Wildman–Crippen LogP) is 1.75. The number of pyridine rings is 2. The number of hydrogen-bond acceptors (Lipinski definition) is 3. The number of aliphatic hydroxyl groups is 1. The molecule has 0 fully saturated rings. The van der Waals surface area contributed by atoms with Crippen LogP contribution in [0, 0.1) is 0 Å². The molecule has 2 heterocycles. The molecule has 1 unspecified atom stereocenters. The van der Waals surface area contributed by atoms with Crippen LogP contribution in [0.5, 0.6) is 0 Å². The van der Waals surface area contributed by atoms with Gasteiger partial charge in [-0.2, -0.15) is 0 Å². The fourth-order valence-electron chi connectivity index (χ4n) is 1.41. The van der Waals surface area contributed by atoms with Gasteiger partial charge in [0.05, 0.1) is 6.10 Å². The zero-order valence-electron chi connectivity index (χ0n) is 8.24. The summed E-state index contributed by atoms with van der Waals surface area (Å²) in [5.41, 5.74) is 1.71. The summed E-state index contributed by atoms with van der Waals surface area (Å²) in [6.45, 7) is 0. The number of aromatic nitrogens is 2. The minimum Gasteiger partial charge on any atom is -0.388 e. The first-order chi connectivity index (χ1) is 7.36. The van der Waals surface area contributed by atoms with Crippen molar-refractivity contribution < 1.29 is 5.11 Å². The summed E-state index contributed by atoms with van der Waals surface area (Å²) in [7, 11) is 0. The molecule has 3 heteroatoms. The van der Waals surface area contributed by atoms with E-state index in [2.05, 4.69) is 9.97 Å². The van der Waals surface area contributed by atoms with Gasteiger partial charge in [-0.05, 0) is 23.8 Å². The number of aliphatic hydroxyl groups excluding tert-OH is 1. The molecule has 0 aromatic carbocycles. The van der Waals surface area contributed by atoms with Gasteiger partial charge in [-0.3, -0.25) is 9.97 Å². The van der Waals surface area contributed by atoms with E-state index in [0.29, 0.717) is 6.42 Å². The zero-order valence-corrected chi connectivity index (χ0v) is 8.24. The van der Waals surface area contributed by atoms with Crippen molar-refractivity contribution in [2.45, 2.75) is 12.5 Å². The minimum absolute atomic E-state index is 0.520. The molecular weight excluding hydrogens is 188 g/mol. The van der Waals surface area contributed by atoms with E-state index in [-0.39, 0.29) is 0 Å². The smallest absolute Gasteiger partial charge is 0.0860 e. The van der Waals surface area contributed by atoms with Crippen LogP contribution in [0.2, 0.25) is 0 Å². The topological polar surface area (TPSA) is 46.0 Å². The molecule has 3 nitrogen and oxygen atoms in total. The highest BCUT2D eigenvalue weighted by Gasteiger charge is 2.08. The van der Waals surface area contributed by atoms with E-state index < -0.39 is 6.10 Å². The summed E-state index contributed by atoms with van der Waals surface area (Å²) in [4.78, 5) is 8.13. The average Bonchev–Trinajstić information content (AvgIpc) is 2.31. The fraction of sp³-hybridized carbons (Fsp3) is 0.167. The third-order valence-electron chi connectivity index (χ3n) is 2.20. The molecule has 0 spiro atoms. The number of nitrogens with zero attached hydrogens (tertiary/aromatic N) is 2. The Bertz CT molecular complexity index is 402. The van der Waals surface area contributed by atoms with Crippen LogP contribution in [0.3, 0.4) is 0 Å². The summed E-state index contributed by atoms with van der Waals surface area (Å²) in [6, 6.07) is 9.36. The third-order valence-corrected chi connectivity index (χ3v) is 2.20. The molecule has 1 atom stereocenters. The molecule has 0 radical (unpaired) electrons. The molecule has 0 amide bonds. The van der Waals surface area contributed by atoms with Crippen LogP contribution in [0.1, 0.15) is 17.4 Å². The Labute approximate surface area is 88.5 Å². The zero-order chi connectivity index (χ0) is 10.5. The van der Waals surface area contributed by atoms with Gasteiger partial charge in [-0.1, -0.05) is 12.1 Å². The highest BCUT2D eigenvalue weighted by molar-refractivity contribution is 5.15. The van der Waals surface area contributed by atoms with E-state index in [1.54, 1.807) is 18.6 Å². The van der Waals surface area contributed by atoms with Crippen molar-refractivity contribution in [3.05, 3.63) is 60.2 Å². The second-order valence-corrected chi connectivity index (χ2v) is 3.33. The van der Waals surface area contributed by atoms with Gasteiger partial charge < -0.3 is 5.11 Å². The van der Waals surface area contributed by atoms with Gasteiger partial charge in [0.2, 0.25) is 0 Å². The summed E-state index contributed by atoms with van der Waals surface area (Å²) in [5, 5.41) is 9.89. The number of rotatable bonds is 3. The molecule has 2 aromatic heterocycles. The van der Waals surface area contributed by atoms with Crippen molar-refractivity contribution in [2.75, 3.05) is 0 Å². The van der Waals surface area contributed by atoms with Crippen LogP contribution in [0.25, 0.3) is 0 Å². The Morgan fingerprint density at radius 1 is 1.13 bits per heavy atom. The average molecular weight is 200 g/mol. The van der Waals surface area contributed by atoms with Crippen LogP contribution in [0.15, 0.2) is 48.9 Å². The van der Waals surface area contributed by atoms with E-state index in [0.717, 1.165) is 11.3 Å². The first-order valence-corrected chi connectivity index (χ1v) is 4.84. The standard InChI is InChI=1S/C12H12N2O/c15-12(10-4-3-6-13-9-10)8-11-5-1-2-7-14-11/h1-7,9,12,15H,8H2. The number of hydrogen-bond donors (Lipinski definition) is 1. The molecule has 2 rings (SSSR count). The maximum atomic E-state index is 9.89. The summed E-state index contributed by atoms with van der Waals surface area (Å²) >= 11 is 0. The van der Waals surface area contributed by atoms with Crippen molar-refractivity contribution in [3.63, 3.8) is 0 Å². The second kappa shape index (κ2) is 4.66. The summed E-state index contributed by atoms with van der Waals surface area (Å²) in [6.07, 6.45) is 5.08. The van der Waals surface area contributed by atoms with Crippen molar-refractivity contribution in [1.29, 1.82) is 0 Å². The molecule has 1 N–H and O–H groups in total. The largest absolute Gasteiger partial charge is 0.388 e. The Balaban J connectivity index is 2.08. The van der Waals surface area contributed by atoms with Crippen LogP contribution < -0.4 is 0 Å². The Morgan fingerprint density at radius 2 is 2.07 bits per heavy atom. The molecule has 0 saturated heterocycles. The van der Waals surface area contributed by atoms with Crippen molar-refractivity contribution >= 4 is 0 Å². The van der Waals surface area contributed by atoms with Crippen LogP contribution in [-0.4, -0.2) is 15.1 Å². The van der Waals surface area contributed by atoms with Gasteiger partial charge in [0.1, 0.15) is 0 Å². The summed E-state index contributed by atoms with van der Waals surface area (Å²) in [5.74, 6) is 0. The van der Waals surface area contributed by atoms with Crippen LogP contribution in [0.4, 0.5) is 0 Å². The van der Waals surface area contributed by atoms with E-state index in [1.165, 1.54) is 0 Å². The molecular formula is C12H12N2O. The van der Waals surface area contributed by atoms with Gasteiger partial charge in [0.15, 0.2) is 0 Å². The maximum absolute atomic E-state index is 9.89. The predicted molar refractivity (Wildman–Crippen MR) is 57.1 cm³/mol. The third kappa shape index (κ3) is 2.60. The monoisotopic (exact) mass is 200 g/mol. The fourth-order valence-corrected chi connectivity index (χ4v) is 1.41. The molecule has 0 aliphatic heterocycles.